The van der Waals surface area contributed by atoms with Gasteiger partial charge in [0.25, 0.3) is 5.91 Å². The summed E-state index contributed by atoms with van der Waals surface area (Å²) in [5.74, 6) is -0.568. The van der Waals surface area contributed by atoms with Crippen LogP contribution < -0.4 is 10.2 Å². The van der Waals surface area contributed by atoms with Crippen molar-refractivity contribution in [2.45, 2.75) is 23.1 Å². The third-order valence-electron chi connectivity index (χ3n) is 4.78. The third-order valence-corrected chi connectivity index (χ3v) is 6.11. The topological polar surface area (TPSA) is 67.2 Å². The van der Waals surface area contributed by atoms with Crippen LogP contribution in [-0.4, -0.2) is 33.4 Å². The number of hydrogen-bond donors (Lipinski definition) is 1. The fourth-order valence-electron chi connectivity index (χ4n) is 3.24. The number of benzene rings is 2. The Bertz CT molecular complexity index is 1030. The molecule has 1 aliphatic heterocycles. The molecule has 1 atom stereocenters. The third kappa shape index (κ3) is 3.29. The molecule has 2 aromatic carbocycles. The molecule has 142 valence electrons. The van der Waals surface area contributed by atoms with Crippen molar-refractivity contribution in [1.29, 1.82) is 0 Å². The summed E-state index contributed by atoms with van der Waals surface area (Å²) < 4.78 is 0.579. The van der Waals surface area contributed by atoms with E-state index >= 15 is 0 Å². The van der Waals surface area contributed by atoms with Crippen LogP contribution in [0.1, 0.15) is 12.5 Å². The summed E-state index contributed by atoms with van der Waals surface area (Å²) in [6.07, 6.45) is 3.61. The number of aromatic nitrogens is 2. The molecule has 2 amide bonds. The number of carbonyl (C=O) groups excluding carboxylic acids is 2. The van der Waals surface area contributed by atoms with Gasteiger partial charge in [0.15, 0.2) is 4.75 Å². The maximum atomic E-state index is 13.1. The van der Waals surface area contributed by atoms with E-state index in [0.717, 1.165) is 16.1 Å². The predicted molar refractivity (Wildman–Crippen MR) is 111 cm³/mol. The van der Waals surface area contributed by atoms with Crippen LogP contribution in [0.5, 0.6) is 0 Å². The number of amides is 2. The molecule has 2 heterocycles. The van der Waals surface area contributed by atoms with Crippen LogP contribution >= 0.6 is 11.8 Å². The second kappa shape index (κ2) is 7.16. The standard InChI is InChI=1S/C21H20N4O2S/c1-21(20(27)24(2)17-9-3-4-10-18(17)28-21)19(26)23-16-8-5-7-15(13-16)14-25-12-6-11-22-25/h3-13H,14H2,1-2H3,(H,23,26). The van der Waals surface area contributed by atoms with E-state index in [1.54, 1.807) is 25.1 Å². The molecule has 4 rings (SSSR count). The van der Waals surface area contributed by atoms with Gasteiger partial charge in [0.2, 0.25) is 5.91 Å². The van der Waals surface area contributed by atoms with Crippen molar-refractivity contribution in [2.24, 2.45) is 0 Å². The number of rotatable bonds is 4. The molecule has 0 bridgehead atoms. The van der Waals surface area contributed by atoms with Gasteiger partial charge in [-0.15, -0.1) is 0 Å². The van der Waals surface area contributed by atoms with Crippen molar-refractivity contribution >= 4 is 35.0 Å². The van der Waals surface area contributed by atoms with E-state index in [1.807, 2.05) is 65.5 Å². The number of fused-ring (bicyclic) bond motifs is 1. The Morgan fingerprint density at radius 2 is 2.00 bits per heavy atom. The molecule has 1 unspecified atom stereocenters. The summed E-state index contributed by atoms with van der Waals surface area (Å²) in [6.45, 7) is 2.28. The molecule has 7 heteroatoms. The SMILES string of the molecule is CN1C(=O)C(C)(C(=O)Nc2cccc(Cn3cccn3)c2)Sc2ccccc21. The van der Waals surface area contributed by atoms with Crippen molar-refractivity contribution in [2.75, 3.05) is 17.3 Å². The Kier molecular flexibility index (Phi) is 4.68. The number of thioether (sulfide) groups is 1. The van der Waals surface area contributed by atoms with Gasteiger partial charge in [0.1, 0.15) is 0 Å². The molecule has 1 N–H and O–H groups in total. The van der Waals surface area contributed by atoms with Crippen molar-refractivity contribution in [3.8, 4) is 0 Å². The van der Waals surface area contributed by atoms with Gasteiger partial charge in [0, 0.05) is 30.0 Å². The average molecular weight is 392 g/mol. The van der Waals surface area contributed by atoms with Gasteiger partial charge in [-0.3, -0.25) is 14.3 Å². The number of nitrogens with one attached hydrogen (secondary N) is 1. The molecule has 0 radical (unpaired) electrons. The highest BCUT2D eigenvalue weighted by Crippen LogP contribution is 2.45. The lowest BCUT2D eigenvalue weighted by Gasteiger charge is -2.36. The van der Waals surface area contributed by atoms with Gasteiger partial charge in [-0.1, -0.05) is 36.0 Å². The van der Waals surface area contributed by atoms with E-state index < -0.39 is 4.75 Å². The molecular formula is C21H20N4O2S. The molecule has 0 saturated carbocycles. The van der Waals surface area contributed by atoms with Gasteiger partial charge in [-0.25, -0.2) is 0 Å². The normalized spacial score (nSPS) is 18.6. The first-order chi connectivity index (χ1) is 13.5. The van der Waals surface area contributed by atoms with Gasteiger partial charge in [-0.2, -0.15) is 5.10 Å². The van der Waals surface area contributed by atoms with Crippen LogP contribution in [0.4, 0.5) is 11.4 Å². The summed E-state index contributed by atoms with van der Waals surface area (Å²) in [6, 6.07) is 17.1. The first-order valence-corrected chi connectivity index (χ1v) is 9.73. The highest BCUT2D eigenvalue weighted by molar-refractivity contribution is 8.02. The van der Waals surface area contributed by atoms with Crippen LogP contribution in [0.2, 0.25) is 0 Å². The quantitative estimate of drug-likeness (QED) is 0.691. The minimum absolute atomic E-state index is 0.235. The maximum Gasteiger partial charge on any atom is 0.252 e. The molecule has 0 fully saturated rings. The molecule has 0 spiro atoms. The van der Waals surface area contributed by atoms with Crippen LogP contribution in [0.3, 0.4) is 0 Å². The van der Waals surface area contributed by atoms with Crippen molar-refractivity contribution in [3.05, 3.63) is 72.6 Å². The molecule has 3 aromatic rings. The molecule has 0 saturated heterocycles. The summed E-state index contributed by atoms with van der Waals surface area (Å²) in [5.41, 5.74) is 2.49. The van der Waals surface area contributed by atoms with Crippen molar-refractivity contribution < 1.29 is 9.59 Å². The summed E-state index contributed by atoms with van der Waals surface area (Å²) in [7, 11) is 1.71. The highest BCUT2D eigenvalue weighted by Gasteiger charge is 2.48. The lowest BCUT2D eigenvalue weighted by molar-refractivity contribution is -0.128. The molecular weight excluding hydrogens is 372 g/mol. The van der Waals surface area contributed by atoms with E-state index in [4.69, 9.17) is 0 Å². The summed E-state index contributed by atoms with van der Waals surface area (Å²) in [4.78, 5) is 28.5. The van der Waals surface area contributed by atoms with Gasteiger partial charge >= 0.3 is 0 Å². The molecule has 28 heavy (non-hydrogen) atoms. The second-order valence-corrected chi connectivity index (χ2v) is 8.29. The number of para-hydroxylation sites is 1. The van der Waals surface area contributed by atoms with Crippen LogP contribution in [-0.2, 0) is 16.1 Å². The summed E-state index contributed by atoms with van der Waals surface area (Å²) >= 11 is 1.29. The van der Waals surface area contributed by atoms with Crippen LogP contribution in [0.15, 0.2) is 71.9 Å². The Hall–Kier alpha value is -3.06. The zero-order valence-corrected chi connectivity index (χ0v) is 16.4. The number of hydrogen-bond acceptors (Lipinski definition) is 4. The highest BCUT2D eigenvalue weighted by atomic mass is 32.2. The van der Waals surface area contributed by atoms with E-state index in [0.29, 0.717) is 12.2 Å². The zero-order chi connectivity index (χ0) is 19.7. The molecule has 1 aliphatic rings. The molecule has 0 aliphatic carbocycles. The molecule has 1 aromatic heterocycles. The van der Waals surface area contributed by atoms with Crippen molar-refractivity contribution in [1.82, 2.24) is 9.78 Å². The van der Waals surface area contributed by atoms with E-state index in [1.165, 1.54) is 11.8 Å². The second-order valence-electron chi connectivity index (χ2n) is 6.83. The minimum atomic E-state index is -1.24. The first-order valence-electron chi connectivity index (χ1n) is 8.91. The number of anilines is 2. The van der Waals surface area contributed by atoms with Gasteiger partial charge in [-0.05, 0) is 42.8 Å². The van der Waals surface area contributed by atoms with Crippen molar-refractivity contribution in [3.63, 3.8) is 0 Å². The van der Waals surface area contributed by atoms with E-state index in [-0.39, 0.29) is 11.8 Å². The largest absolute Gasteiger partial charge is 0.324 e. The number of nitrogens with zero attached hydrogens (tertiary/aromatic N) is 3. The Balaban J connectivity index is 1.56. The Morgan fingerprint density at radius 3 is 2.79 bits per heavy atom. The van der Waals surface area contributed by atoms with E-state index in [2.05, 4.69) is 10.4 Å². The Labute approximate surface area is 167 Å². The monoisotopic (exact) mass is 392 g/mol. The van der Waals surface area contributed by atoms with Crippen LogP contribution in [0.25, 0.3) is 0 Å². The fraction of sp³-hybridized carbons (Fsp3) is 0.190. The summed E-state index contributed by atoms with van der Waals surface area (Å²) in [5, 5.41) is 7.12. The van der Waals surface area contributed by atoms with E-state index in [9.17, 15) is 9.59 Å². The smallest absolute Gasteiger partial charge is 0.252 e. The fourth-order valence-corrected chi connectivity index (χ4v) is 4.50. The number of carbonyl (C=O) groups is 2. The first kappa shape index (κ1) is 18.3. The lowest BCUT2D eigenvalue weighted by atomic mass is 10.1. The maximum absolute atomic E-state index is 13.1. The lowest BCUT2D eigenvalue weighted by Crippen LogP contribution is -2.53. The molecule has 6 nitrogen and oxygen atoms in total. The average Bonchev–Trinajstić information content (AvgIpc) is 3.19. The zero-order valence-electron chi connectivity index (χ0n) is 15.6. The van der Waals surface area contributed by atoms with Gasteiger partial charge in [0.05, 0.1) is 12.2 Å². The minimum Gasteiger partial charge on any atom is -0.324 e. The van der Waals surface area contributed by atoms with Gasteiger partial charge < -0.3 is 10.2 Å². The Morgan fingerprint density at radius 1 is 1.18 bits per heavy atom. The predicted octanol–water partition coefficient (Wildman–Crippen LogP) is 3.40. The van der Waals surface area contributed by atoms with Crippen LogP contribution in [0, 0.1) is 0 Å².